The van der Waals surface area contributed by atoms with Crippen LogP contribution in [0.4, 0.5) is 0 Å². The third kappa shape index (κ3) is 8.64. The van der Waals surface area contributed by atoms with Crippen LogP contribution >= 0.6 is 0 Å². The summed E-state index contributed by atoms with van der Waals surface area (Å²) in [5.41, 5.74) is 0. The molecule has 0 aliphatic carbocycles. The fraction of sp³-hybridized carbons (Fsp3) is 0.909. The van der Waals surface area contributed by atoms with Gasteiger partial charge in [0.05, 0.1) is 25.9 Å². The van der Waals surface area contributed by atoms with E-state index in [0.717, 1.165) is 0 Å². The van der Waals surface area contributed by atoms with E-state index in [4.69, 9.17) is 14.2 Å². The molecule has 0 aromatic rings. The van der Waals surface area contributed by atoms with Crippen LogP contribution in [0.3, 0.4) is 0 Å². The number of carbonyl (C=O) groups is 1. The van der Waals surface area contributed by atoms with Gasteiger partial charge in [0.25, 0.3) is 0 Å². The van der Waals surface area contributed by atoms with Crippen LogP contribution in [-0.2, 0) is 19.0 Å². The SMILES string of the molecule is COCCOCC(=O)N(C)CCOC(C)C. The number of ether oxygens (including phenoxy) is 3. The Hall–Kier alpha value is -0.650. The van der Waals surface area contributed by atoms with E-state index >= 15 is 0 Å². The zero-order valence-electron chi connectivity index (χ0n) is 10.7. The molecule has 0 fully saturated rings. The molecule has 0 aromatic carbocycles. The largest absolute Gasteiger partial charge is 0.382 e. The molecule has 0 spiro atoms. The molecular weight excluding hydrogens is 210 g/mol. The summed E-state index contributed by atoms with van der Waals surface area (Å²) >= 11 is 0. The molecule has 0 radical (unpaired) electrons. The Kier molecular flexibility index (Phi) is 9.18. The second kappa shape index (κ2) is 9.57. The Morgan fingerprint density at radius 2 is 1.94 bits per heavy atom. The van der Waals surface area contributed by atoms with Crippen molar-refractivity contribution >= 4 is 5.91 Å². The van der Waals surface area contributed by atoms with Crippen LogP contribution in [0.2, 0.25) is 0 Å². The highest BCUT2D eigenvalue weighted by molar-refractivity contribution is 5.77. The number of amides is 1. The van der Waals surface area contributed by atoms with Gasteiger partial charge in [-0.05, 0) is 13.8 Å². The van der Waals surface area contributed by atoms with E-state index in [1.165, 1.54) is 0 Å². The third-order valence-corrected chi connectivity index (χ3v) is 1.96. The van der Waals surface area contributed by atoms with Crippen molar-refractivity contribution < 1.29 is 19.0 Å². The maximum atomic E-state index is 11.5. The van der Waals surface area contributed by atoms with E-state index in [1.807, 2.05) is 13.8 Å². The van der Waals surface area contributed by atoms with Crippen LogP contribution in [0.15, 0.2) is 0 Å². The topological polar surface area (TPSA) is 48.0 Å². The Balaban J connectivity index is 3.49. The van der Waals surface area contributed by atoms with Crippen molar-refractivity contribution in [1.82, 2.24) is 4.90 Å². The minimum absolute atomic E-state index is 0.0385. The molecule has 0 bridgehead atoms. The van der Waals surface area contributed by atoms with Crippen molar-refractivity contribution in [2.24, 2.45) is 0 Å². The monoisotopic (exact) mass is 233 g/mol. The van der Waals surface area contributed by atoms with Crippen LogP contribution in [-0.4, -0.2) is 64.0 Å². The van der Waals surface area contributed by atoms with E-state index < -0.39 is 0 Å². The van der Waals surface area contributed by atoms with Crippen molar-refractivity contribution in [3.8, 4) is 0 Å². The summed E-state index contributed by atoms with van der Waals surface area (Å²) in [7, 11) is 3.34. The molecule has 16 heavy (non-hydrogen) atoms. The second-order valence-electron chi connectivity index (χ2n) is 3.78. The molecular formula is C11H23NO4. The lowest BCUT2D eigenvalue weighted by atomic mass is 10.4. The lowest BCUT2D eigenvalue weighted by Gasteiger charge is -2.18. The first-order valence-corrected chi connectivity index (χ1v) is 5.50. The second-order valence-corrected chi connectivity index (χ2v) is 3.78. The van der Waals surface area contributed by atoms with E-state index in [1.54, 1.807) is 19.1 Å². The smallest absolute Gasteiger partial charge is 0.248 e. The molecule has 5 nitrogen and oxygen atoms in total. The molecule has 0 rings (SSSR count). The minimum atomic E-state index is -0.0385. The maximum absolute atomic E-state index is 11.5. The summed E-state index contributed by atoms with van der Waals surface area (Å²) in [5, 5.41) is 0. The van der Waals surface area contributed by atoms with Gasteiger partial charge in [-0.2, -0.15) is 0 Å². The lowest BCUT2D eigenvalue weighted by Crippen LogP contribution is -2.33. The molecule has 0 unspecified atom stereocenters. The Bertz CT molecular complexity index is 185. The van der Waals surface area contributed by atoms with E-state index in [-0.39, 0.29) is 18.6 Å². The highest BCUT2D eigenvalue weighted by atomic mass is 16.5. The summed E-state index contributed by atoms with van der Waals surface area (Å²) in [5.74, 6) is -0.0385. The summed E-state index contributed by atoms with van der Waals surface area (Å²) in [6.45, 7) is 6.13. The van der Waals surface area contributed by atoms with Gasteiger partial charge >= 0.3 is 0 Å². The highest BCUT2D eigenvalue weighted by Crippen LogP contribution is 1.91. The van der Waals surface area contributed by atoms with Crippen molar-refractivity contribution in [3.05, 3.63) is 0 Å². The van der Waals surface area contributed by atoms with Gasteiger partial charge < -0.3 is 19.1 Å². The first kappa shape index (κ1) is 15.3. The first-order valence-electron chi connectivity index (χ1n) is 5.50. The van der Waals surface area contributed by atoms with Gasteiger partial charge in [0.1, 0.15) is 6.61 Å². The first-order chi connectivity index (χ1) is 7.57. The molecule has 1 amide bonds. The van der Waals surface area contributed by atoms with Crippen molar-refractivity contribution in [3.63, 3.8) is 0 Å². The molecule has 0 saturated carbocycles. The predicted molar refractivity (Wildman–Crippen MR) is 61.4 cm³/mol. The third-order valence-electron chi connectivity index (χ3n) is 1.96. The molecule has 0 saturated heterocycles. The molecule has 0 aromatic heterocycles. The predicted octanol–water partition coefficient (Wildman–Crippen LogP) is 0.533. The molecule has 0 atom stereocenters. The zero-order valence-corrected chi connectivity index (χ0v) is 10.7. The van der Waals surface area contributed by atoms with Gasteiger partial charge in [-0.25, -0.2) is 0 Å². The van der Waals surface area contributed by atoms with Crippen LogP contribution < -0.4 is 0 Å². The average Bonchev–Trinajstić information content (AvgIpc) is 2.23. The Morgan fingerprint density at radius 3 is 2.50 bits per heavy atom. The number of rotatable bonds is 9. The Morgan fingerprint density at radius 1 is 1.25 bits per heavy atom. The standard InChI is InChI=1S/C11H23NO4/c1-10(2)16-6-5-12(3)11(13)9-15-8-7-14-4/h10H,5-9H2,1-4H3. The van der Waals surface area contributed by atoms with Crippen LogP contribution in [0, 0.1) is 0 Å². The van der Waals surface area contributed by atoms with E-state index in [0.29, 0.717) is 26.4 Å². The zero-order chi connectivity index (χ0) is 12.4. The number of nitrogens with zero attached hydrogens (tertiary/aromatic N) is 1. The minimum Gasteiger partial charge on any atom is -0.382 e. The summed E-state index contributed by atoms with van der Waals surface area (Å²) in [6.07, 6.45) is 0.196. The van der Waals surface area contributed by atoms with Gasteiger partial charge in [-0.3, -0.25) is 4.79 Å². The Labute approximate surface area is 97.7 Å². The normalized spacial score (nSPS) is 10.8. The molecule has 0 N–H and O–H groups in total. The molecule has 5 heteroatoms. The van der Waals surface area contributed by atoms with Crippen LogP contribution in [0.25, 0.3) is 0 Å². The fourth-order valence-electron chi connectivity index (χ4n) is 0.962. The molecule has 0 aliphatic rings. The van der Waals surface area contributed by atoms with Crippen molar-refractivity contribution in [1.29, 1.82) is 0 Å². The summed E-state index contributed by atoms with van der Waals surface area (Å²) in [4.78, 5) is 13.1. The van der Waals surface area contributed by atoms with Gasteiger partial charge in [-0.15, -0.1) is 0 Å². The average molecular weight is 233 g/mol. The number of methoxy groups -OCH3 is 1. The van der Waals surface area contributed by atoms with Gasteiger partial charge in [0.15, 0.2) is 0 Å². The fourth-order valence-corrected chi connectivity index (χ4v) is 0.962. The molecule has 0 heterocycles. The number of hydrogen-bond acceptors (Lipinski definition) is 4. The van der Waals surface area contributed by atoms with Gasteiger partial charge in [0, 0.05) is 20.7 Å². The van der Waals surface area contributed by atoms with Crippen LogP contribution in [0.1, 0.15) is 13.8 Å². The molecule has 96 valence electrons. The maximum Gasteiger partial charge on any atom is 0.248 e. The quantitative estimate of drug-likeness (QED) is 0.545. The summed E-state index contributed by atoms with van der Waals surface area (Å²) in [6, 6.07) is 0. The van der Waals surface area contributed by atoms with Crippen molar-refractivity contribution in [2.45, 2.75) is 20.0 Å². The number of carbonyl (C=O) groups excluding carboxylic acids is 1. The van der Waals surface area contributed by atoms with Gasteiger partial charge in [0.2, 0.25) is 5.91 Å². The number of likely N-dealkylation sites (N-methyl/N-ethyl adjacent to an activating group) is 1. The van der Waals surface area contributed by atoms with E-state index in [2.05, 4.69) is 0 Å². The van der Waals surface area contributed by atoms with Crippen LogP contribution in [0.5, 0.6) is 0 Å². The molecule has 0 aliphatic heterocycles. The number of hydrogen-bond donors (Lipinski definition) is 0. The highest BCUT2D eigenvalue weighted by Gasteiger charge is 2.08. The van der Waals surface area contributed by atoms with Gasteiger partial charge in [-0.1, -0.05) is 0 Å². The summed E-state index contributed by atoms with van der Waals surface area (Å²) < 4.78 is 15.3. The van der Waals surface area contributed by atoms with Crippen molar-refractivity contribution in [2.75, 3.05) is 47.1 Å². The van der Waals surface area contributed by atoms with E-state index in [9.17, 15) is 4.79 Å². The lowest BCUT2D eigenvalue weighted by molar-refractivity contribution is -0.136.